The summed E-state index contributed by atoms with van der Waals surface area (Å²) >= 11 is 0. The number of nitriles is 1. The minimum absolute atomic E-state index is 0.0778. The van der Waals surface area contributed by atoms with E-state index in [4.69, 9.17) is 4.42 Å². The van der Waals surface area contributed by atoms with E-state index in [0.29, 0.717) is 35.9 Å². The average molecular weight is 544 g/mol. The molecule has 7 nitrogen and oxygen atoms in total. The molecule has 7 heteroatoms. The number of rotatable bonds is 5. The maximum absolute atomic E-state index is 13.7. The Morgan fingerprint density at radius 2 is 2.00 bits per heavy atom. The zero-order chi connectivity index (χ0) is 28.2. The van der Waals surface area contributed by atoms with Gasteiger partial charge in [-0.1, -0.05) is 66.6 Å². The molecule has 2 saturated heterocycles. The molecule has 3 aliphatic rings. The van der Waals surface area contributed by atoms with E-state index in [1.807, 2.05) is 53.5 Å². The SMILES string of the molecule is CC#C[C@H]1CCCN1C(=O)c1ccc(C2(C#N)C=CC=CC2)c(-c2nnc([C@H]3NCCC[C@H]3c3ccccc3)o2)c1. The van der Waals surface area contributed by atoms with Gasteiger partial charge in [0.1, 0.15) is 5.41 Å². The van der Waals surface area contributed by atoms with Crippen LogP contribution in [0.2, 0.25) is 0 Å². The molecular weight excluding hydrogens is 510 g/mol. The standard InChI is InChI=1S/C34H33N5O2/c1-2-11-26-14-10-21-39(26)33(40)25-16-17-29(34(23-35)18-7-4-8-19-34)28(22-25)31-37-38-32(41-31)30-27(15-9-20-36-30)24-12-5-3-6-13-24/h3-8,12-13,16-18,22,26-27,30,36H,9-10,14-15,19-21H2,1H3/t26-,27-,30-,34?/m0/s1. The number of hydrogen-bond acceptors (Lipinski definition) is 6. The Hall–Kier alpha value is -4.46. The monoisotopic (exact) mass is 543 g/mol. The van der Waals surface area contributed by atoms with Gasteiger partial charge in [0.2, 0.25) is 11.8 Å². The molecule has 1 aromatic heterocycles. The van der Waals surface area contributed by atoms with Crippen molar-refractivity contribution in [1.29, 1.82) is 5.26 Å². The van der Waals surface area contributed by atoms with Gasteiger partial charge in [-0.2, -0.15) is 5.26 Å². The molecule has 41 heavy (non-hydrogen) atoms. The van der Waals surface area contributed by atoms with Crippen LogP contribution in [0, 0.1) is 23.2 Å². The van der Waals surface area contributed by atoms with Crippen molar-refractivity contribution in [3.05, 3.63) is 95.4 Å². The van der Waals surface area contributed by atoms with Crippen LogP contribution >= 0.6 is 0 Å². The highest BCUT2D eigenvalue weighted by Crippen LogP contribution is 2.41. The summed E-state index contributed by atoms with van der Waals surface area (Å²) in [5, 5.41) is 23.0. The minimum atomic E-state index is -0.903. The van der Waals surface area contributed by atoms with E-state index in [1.54, 1.807) is 6.92 Å². The maximum Gasteiger partial charge on any atom is 0.254 e. The van der Waals surface area contributed by atoms with Crippen molar-refractivity contribution in [2.24, 2.45) is 0 Å². The first kappa shape index (κ1) is 26.7. The van der Waals surface area contributed by atoms with Gasteiger partial charge in [-0.3, -0.25) is 4.79 Å². The van der Waals surface area contributed by atoms with Gasteiger partial charge in [-0.25, -0.2) is 0 Å². The van der Waals surface area contributed by atoms with E-state index < -0.39 is 5.41 Å². The van der Waals surface area contributed by atoms with E-state index in [9.17, 15) is 10.1 Å². The van der Waals surface area contributed by atoms with Crippen LogP contribution in [-0.4, -0.2) is 40.1 Å². The lowest BCUT2D eigenvalue weighted by Crippen LogP contribution is -2.34. The molecular formula is C34H33N5O2. The largest absolute Gasteiger partial charge is 0.419 e. The lowest BCUT2D eigenvalue weighted by atomic mass is 9.74. The van der Waals surface area contributed by atoms with Gasteiger partial charge in [-0.15, -0.1) is 16.1 Å². The van der Waals surface area contributed by atoms with Crippen molar-refractivity contribution in [2.45, 2.75) is 62.4 Å². The molecule has 1 aliphatic carbocycles. The molecule has 0 radical (unpaired) electrons. The van der Waals surface area contributed by atoms with Gasteiger partial charge in [0.15, 0.2) is 0 Å². The van der Waals surface area contributed by atoms with Crippen LogP contribution in [0.3, 0.4) is 0 Å². The summed E-state index contributed by atoms with van der Waals surface area (Å²) in [6.07, 6.45) is 12.1. The first-order valence-electron chi connectivity index (χ1n) is 14.4. The number of benzene rings is 2. The van der Waals surface area contributed by atoms with E-state index in [0.717, 1.165) is 37.8 Å². The molecule has 0 saturated carbocycles. The highest BCUT2D eigenvalue weighted by Gasteiger charge is 2.36. The van der Waals surface area contributed by atoms with Crippen LogP contribution in [0.5, 0.6) is 0 Å². The molecule has 1 unspecified atom stereocenters. The molecule has 2 fully saturated rings. The third-order valence-electron chi connectivity index (χ3n) is 8.46. The van der Waals surface area contributed by atoms with E-state index in [-0.39, 0.29) is 23.9 Å². The fraction of sp³-hybridized carbons (Fsp3) is 0.353. The zero-order valence-corrected chi connectivity index (χ0v) is 23.2. The summed E-state index contributed by atoms with van der Waals surface area (Å²) in [6.45, 7) is 3.34. The number of allylic oxidation sites excluding steroid dienone is 4. The number of piperidine rings is 1. The Bertz CT molecular complexity index is 1590. The number of aromatic nitrogens is 2. The van der Waals surface area contributed by atoms with Crippen LogP contribution in [0.1, 0.15) is 78.4 Å². The molecule has 2 aromatic carbocycles. The predicted molar refractivity (Wildman–Crippen MR) is 157 cm³/mol. The summed E-state index contributed by atoms with van der Waals surface area (Å²) in [5.41, 5.74) is 2.21. The molecule has 1 N–H and O–H groups in total. The normalized spacial score (nSPS) is 25.4. The summed E-state index contributed by atoms with van der Waals surface area (Å²) in [4.78, 5) is 15.5. The summed E-state index contributed by atoms with van der Waals surface area (Å²) in [5.74, 6) is 7.09. The molecule has 3 heterocycles. The topological polar surface area (TPSA) is 95.0 Å². The molecule has 2 aliphatic heterocycles. The van der Waals surface area contributed by atoms with Crippen molar-refractivity contribution >= 4 is 5.91 Å². The van der Waals surface area contributed by atoms with Crippen LogP contribution in [0.15, 0.2) is 77.3 Å². The fourth-order valence-corrected chi connectivity index (χ4v) is 6.38. The van der Waals surface area contributed by atoms with Crippen molar-refractivity contribution < 1.29 is 9.21 Å². The maximum atomic E-state index is 13.7. The lowest BCUT2D eigenvalue weighted by molar-refractivity contribution is 0.0766. The van der Waals surface area contributed by atoms with Gasteiger partial charge >= 0.3 is 0 Å². The van der Waals surface area contributed by atoms with Crippen LogP contribution in [0.25, 0.3) is 11.5 Å². The lowest BCUT2D eigenvalue weighted by Gasteiger charge is -2.30. The number of amides is 1. The Morgan fingerprint density at radius 3 is 2.78 bits per heavy atom. The minimum Gasteiger partial charge on any atom is -0.419 e. The smallest absolute Gasteiger partial charge is 0.254 e. The molecule has 206 valence electrons. The molecule has 1 amide bonds. The van der Waals surface area contributed by atoms with Crippen molar-refractivity contribution in [3.63, 3.8) is 0 Å². The molecule has 4 atom stereocenters. The number of hydrogen-bond donors (Lipinski definition) is 1. The second-order valence-electron chi connectivity index (χ2n) is 10.9. The first-order valence-corrected chi connectivity index (χ1v) is 14.4. The third kappa shape index (κ3) is 5.10. The van der Waals surface area contributed by atoms with Crippen LogP contribution in [-0.2, 0) is 5.41 Å². The first-order chi connectivity index (χ1) is 20.1. The Balaban J connectivity index is 1.41. The fourth-order valence-electron chi connectivity index (χ4n) is 6.38. The zero-order valence-electron chi connectivity index (χ0n) is 23.2. The molecule has 0 bridgehead atoms. The van der Waals surface area contributed by atoms with Gasteiger partial charge < -0.3 is 14.6 Å². The van der Waals surface area contributed by atoms with E-state index in [2.05, 4.69) is 57.7 Å². The summed E-state index contributed by atoms with van der Waals surface area (Å²) < 4.78 is 6.42. The summed E-state index contributed by atoms with van der Waals surface area (Å²) in [6, 6.07) is 18.2. The van der Waals surface area contributed by atoms with Gasteiger partial charge in [0.05, 0.1) is 18.2 Å². The third-order valence-corrected chi connectivity index (χ3v) is 8.46. The van der Waals surface area contributed by atoms with Crippen molar-refractivity contribution in [2.75, 3.05) is 13.1 Å². The number of carbonyl (C=O) groups excluding carboxylic acids is 1. The van der Waals surface area contributed by atoms with Crippen LogP contribution in [0.4, 0.5) is 0 Å². The number of nitrogens with zero attached hydrogens (tertiary/aromatic N) is 4. The molecule has 6 rings (SSSR count). The second-order valence-corrected chi connectivity index (χ2v) is 10.9. The molecule has 3 aromatic rings. The van der Waals surface area contributed by atoms with Crippen molar-refractivity contribution in [3.8, 4) is 29.4 Å². The summed E-state index contributed by atoms with van der Waals surface area (Å²) in [7, 11) is 0. The van der Waals surface area contributed by atoms with Crippen molar-refractivity contribution in [1.82, 2.24) is 20.4 Å². The Labute approximate surface area is 241 Å². The predicted octanol–water partition coefficient (Wildman–Crippen LogP) is 5.85. The second kappa shape index (κ2) is 11.6. The highest BCUT2D eigenvalue weighted by molar-refractivity contribution is 5.96. The van der Waals surface area contributed by atoms with E-state index >= 15 is 0 Å². The number of likely N-dealkylation sites (tertiary alicyclic amines) is 1. The average Bonchev–Trinajstić information content (AvgIpc) is 3.72. The highest BCUT2D eigenvalue weighted by atomic mass is 16.4. The molecule has 0 spiro atoms. The Kier molecular flexibility index (Phi) is 7.55. The van der Waals surface area contributed by atoms with Gasteiger partial charge in [0.25, 0.3) is 5.91 Å². The quantitative estimate of drug-likeness (QED) is 0.406. The van der Waals surface area contributed by atoms with Gasteiger partial charge in [0, 0.05) is 23.6 Å². The van der Waals surface area contributed by atoms with Crippen LogP contribution < -0.4 is 5.32 Å². The Morgan fingerprint density at radius 1 is 1.12 bits per heavy atom. The van der Waals surface area contributed by atoms with E-state index in [1.165, 1.54) is 5.56 Å². The van der Waals surface area contributed by atoms with Gasteiger partial charge in [-0.05, 0) is 68.8 Å². The number of carbonyl (C=O) groups is 1. The number of nitrogens with one attached hydrogen (secondary N) is 1.